The predicted octanol–water partition coefficient (Wildman–Crippen LogP) is 2.07. The van der Waals surface area contributed by atoms with E-state index in [2.05, 4.69) is 25.8 Å². The number of pyridine rings is 1. The van der Waals surface area contributed by atoms with Gasteiger partial charge < -0.3 is 19.5 Å². The Morgan fingerprint density at radius 2 is 1.96 bits per heavy atom. The minimum absolute atomic E-state index is 0.0635. The highest BCUT2D eigenvalue weighted by Gasteiger charge is 2.37. The van der Waals surface area contributed by atoms with E-state index >= 15 is 0 Å². The van der Waals surface area contributed by atoms with Gasteiger partial charge >= 0.3 is 0 Å². The third-order valence-electron chi connectivity index (χ3n) is 5.69. The van der Waals surface area contributed by atoms with E-state index in [1.54, 1.807) is 4.57 Å². The van der Waals surface area contributed by atoms with Gasteiger partial charge in [0.2, 0.25) is 0 Å². The number of rotatable bonds is 4. The van der Waals surface area contributed by atoms with Gasteiger partial charge in [0.15, 0.2) is 0 Å². The van der Waals surface area contributed by atoms with Crippen LogP contribution in [0.5, 0.6) is 0 Å². The molecule has 3 fully saturated rings. The molecule has 3 aliphatic heterocycles. The summed E-state index contributed by atoms with van der Waals surface area (Å²) < 4.78 is 1.71. The Balaban J connectivity index is 0.000000878. The normalized spacial score (nSPS) is 21.8. The number of hydrogen-bond acceptors (Lipinski definition) is 4. The Hall–Kier alpha value is -2.15. The van der Waals surface area contributed by atoms with Crippen molar-refractivity contribution in [3.63, 3.8) is 0 Å². The highest BCUT2D eigenvalue weighted by atomic mass is 16.3. The van der Waals surface area contributed by atoms with E-state index < -0.39 is 0 Å². The first-order chi connectivity index (χ1) is 13.3. The number of carbonyl (C=O) groups excluding carboxylic acids is 1. The molecule has 2 bridgehead atoms. The van der Waals surface area contributed by atoms with E-state index in [0.717, 1.165) is 38.0 Å². The third kappa shape index (κ3) is 5.22. The summed E-state index contributed by atoms with van der Waals surface area (Å²) in [5.41, 5.74) is 1.05. The second kappa shape index (κ2) is 9.87. The zero-order valence-electron chi connectivity index (χ0n) is 17.4. The molecule has 3 saturated heterocycles. The molecule has 1 aromatic heterocycles. The first kappa shape index (κ1) is 22.1. The maximum Gasteiger partial charge on any atom is 0.290 e. The average Bonchev–Trinajstić information content (AvgIpc) is 2.90. The van der Waals surface area contributed by atoms with E-state index in [-0.39, 0.29) is 24.0 Å². The summed E-state index contributed by atoms with van der Waals surface area (Å²) in [5, 5.41) is 6.89. The quantitative estimate of drug-likeness (QED) is 0.795. The van der Waals surface area contributed by atoms with Crippen molar-refractivity contribution in [2.75, 3.05) is 26.7 Å². The van der Waals surface area contributed by atoms with Crippen LogP contribution in [0.2, 0.25) is 0 Å². The van der Waals surface area contributed by atoms with Gasteiger partial charge in [0.25, 0.3) is 17.9 Å². The highest BCUT2D eigenvalue weighted by molar-refractivity contribution is 5.95. The van der Waals surface area contributed by atoms with E-state index in [1.807, 2.05) is 24.1 Å². The number of likely N-dealkylation sites (N-methyl/N-ethyl adjacent to an activating group) is 1. The number of nitrogens with zero attached hydrogens (tertiary/aromatic N) is 3. The van der Waals surface area contributed by atoms with Crippen molar-refractivity contribution in [3.8, 4) is 0 Å². The van der Waals surface area contributed by atoms with Crippen molar-refractivity contribution in [1.82, 2.24) is 14.4 Å². The number of hydrogen-bond donors (Lipinski definition) is 1. The Labute approximate surface area is 166 Å². The summed E-state index contributed by atoms with van der Waals surface area (Å²) in [4.78, 5) is 38.9. The van der Waals surface area contributed by atoms with Crippen LogP contribution < -0.4 is 5.56 Å². The van der Waals surface area contributed by atoms with Gasteiger partial charge in [-0.1, -0.05) is 13.8 Å². The molecule has 28 heavy (non-hydrogen) atoms. The number of piperidine rings is 1. The zero-order chi connectivity index (χ0) is 20.8. The highest BCUT2D eigenvalue weighted by Crippen LogP contribution is 2.28. The monoisotopic (exact) mass is 391 g/mol. The van der Waals surface area contributed by atoms with Crippen LogP contribution in [0.15, 0.2) is 17.1 Å². The molecule has 0 spiro atoms. The van der Waals surface area contributed by atoms with Crippen molar-refractivity contribution in [1.29, 1.82) is 0 Å². The minimum atomic E-state index is -0.250. The maximum absolute atomic E-state index is 13.3. The Bertz CT molecular complexity index is 744. The molecule has 3 aliphatic rings. The summed E-state index contributed by atoms with van der Waals surface area (Å²) in [6.07, 6.45) is 5.01. The van der Waals surface area contributed by atoms with Crippen LogP contribution in [0.25, 0.3) is 0 Å². The summed E-state index contributed by atoms with van der Waals surface area (Å²) in [7, 11) is 2.13. The number of aromatic nitrogens is 1. The summed E-state index contributed by atoms with van der Waals surface area (Å²) in [6, 6.07) is 2.15. The molecule has 0 radical (unpaired) electrons. The summed E-state index contributed by atoms with van der Waals surface area (Å²) in [6.45, 7) is 9.34. The van der Waals surface area contributed by atoms with Gasteiger partial charge in [-0.2, -0.15) is 0 Å². The van der Waals surface area contributed by atoms with Crippen LogP contribution in [0.3, 0.4) is 0 Å². The molecule has 0 aliphatic carbocycles. The van der Waals surface area contributed by atoms with Crippen molar-refractivity contribution in [2.45, 2.75) is 52.6 Å². The second-order valence-corrected chi connectivity index (χ2v) is 8.44. The lowest BCUT2D eigenvalue weighted by Gasteiger charge is -2.36. The van der Waals surface area contributed by atoms with Crippen molar-refractivity contribution in [3.05, 3.63) is 33.7 Å². The van der Waals surface area contributed by atoms with Crippen LogP contribution in [0, 0.1) is 18.8 Å². The lowest BCUT2D eigenvalue weighted by molar-refractivity contribution is -0.122. The van der Waals surface area contributed by atoms with Crippen LogP contribution in [0.4, 0.5) is 0 Å². The topological polar surface area (TPSA) is 82.9 Å². The Morgan fingerprint density at radius 1 is 1.29 bits per heavy atom. The molecule has 0 aromatic carbocycles. The van der Waals surface area contributed by atoms with Crippen LogP contribution in [0.1, 0.15) is 49.0 Å². The van der Waals surface area contributed by atoms with Crippen LogP contribution >= 0.6 is 0 Å². The first-order valence-corrected chi connectivity index (χ1v) is 10.1. The molecule has 2 atom stereocenters. The standard InChI is InChI=1S/C20H31N3O2.CH2O2/c1-14(2)7-9-22-10-8-15(3)18(19(22)24)20(25)23-12-16-5-6-17(23)13-21(4)11-16;2-1-3/h8,10,14,16-17H,5-7,9,11-13H2,1-4H3;1H,(H,2,3)/t16-,17+;/m0./s1. The maximum atomic E-state index is 13.3. The fourth-order valence-electron chi connectivity index (χ4n) is 4.21. The fraction of sp³-hybridized carbons (Fsp3) is 0.667. The zero-order valence-corrected chi connectivity index (χ0v) is 17.4. The molecule has 1 amide bonds. The number of aryl methyl sites for hydroxylation is 2. The van der Waals surface area contributed by atoms with Gasteiger partial charge in [-0.15, -0.1) is 0 Å². The molecule has 156 valence electrons. The second-order valence-electron chi connectivity index (χ2n) is 8.44. The lowest BCUT2D eigenvalue weighted by Crippen LogP contribution is -2.49. The van der Waals surface area contributed by atoms with E-state index in [1.165, 1.54) is 6.42 Å². The minimum Gasteiger partial charge on any atom is -0.483 e. The van der Waals surface area contributed by atoms with Gasteiger partial charge in [0, 0.05) is 38.4 Å². The van der Waals surface area contributed by atoms with Crippen LogP contribution in [-0.4, -0.2) is 64.6 Å². The SMILES string of the molecule is Cc1ccn(CCC(C)C)c(=O)c1C(=O)N1C[C@H]2CC[C@@H]1CN(C)C2.O=CO. The first-order valence-electron chi connectivity index (χ1n) is 10.1. The Morgan fingerprint density at radius 3 is 2.61 bits per heavy atom. The number of carbonyl (C=O) groups is 2. The largest absolute Gasteiger partial charge is 0.483 e. The number of fused-ring (bicyclic) bond motifs is 4. The van der Waals surface area contributed by atoms with Gasteiger partial charge in [0.1, 0.15) is 5.56 Å². The third-order valence-corrected chi connectivity index (χ3v) is 5.69. The van der Waals surface area contributed by atoms with Gasteiger partial charge in [0.05, 0.1) is 0 Å². The molecule has 4 rings (SSSR count). The van der Waals surface area contributed by atoms with Crippen molar-refractivity contribution >= 4 is 12.4 Å². The van der Waals surface area contributed by atoms with Gasteiger partial charge in [-0.05, 0) is 56.7 Å². The molecule has 1 N–H and O–H groups in total. The van der Waals surface area contributed by atoms with Gasteiger partial charge in [-0.3, -0.25) is 14.4 Å². The molecule has 4 heterocycles. The predicted molar refractivity (Wildman–Crippen MR) is 109 cm³/mol. The summed E-state index contributed by atoms with van der Waals surface area (Å²) in [5.74, 6) is 0.996. The molecule has 1 aromatic rings. The van der Waals surface area contributed by atoms with Crippen molar-refractivity contribution < 1.29 is 14.7 Å². The molecule has 0 unspecified atom stereocenters. The number of amides is 1. The Kier molecular flexibility index (Phi) is 7.80. The summed E-state index contributed by atoms with van der Waals surface area (Å²) >= 11 is 0. The molecular weight excluding hydrogens is 358 g/mol. The lowest BCUT2D eigenvalue weighted by atomic mass is 9.94. The average molecular weight is 392 g/mol. The fourth-order valence-corrected chi connectivity index (χ4v) is 4.21. The van der Waals surface area contributed by atoms with Crippen molar-refractivity contribution in [2.24, 2.45) is 11.8 Å². The number of carboxylic acid groups (broad SMARTS) is 1. The molecular formula is C21H33N3O4. The van der Waals surface area contributed by atoms with E-state index in [0.29, 0.717) is 23.9 Å². The van der Waals surface area contributed by atoms with Crippen LogP contribution in [-0.2, 0) is 11.3 Å². The molecule has 0 saturated carbocycles. The molecule has 7 nitrogen and oxygen atoms in total. The van der Waals surface area contributed by atoms with E-state index in [4.69, 9.17) is 9.90 Å². The van der Waals surface area contributed by atoms with E-state index in [9.17, 15) is 9.59 Å². The van der Waals surface area contributed by atoms with Gasteiger partial charge in [-0.25, -0.2) is 0 Å². The molecule has 7 heteroatoms. The smallest absolute Gasteiger partial charge is 0.290 e.